The summed E-state index contributed by atoms with van der Waals surface area (Å²) in [4.78, 5) is 21.8. The molecule has 0 spiro atoms. The highest BCUT2D eigenvalue weighted by molar-refractivity contribution is 5.82. The topological polar surface area (TPSA) is 75.6 Å². The summed E-state index contributed by atoms with van der Waals surface area (Å²) in [5.41, 5.74) is 0.826. The van der Waals surface area contributed by atoms with Crippen molar-refractivity contribution in [1.29, 1.82) is 0 Å². The molecule has 0 fully saturated rings. The molecule has 0 saturated heterocycles. The third-order valence-corrected chi connectivity index (χ3v) is 2.27. The number of amides is 1. The van der Waals surface area contributed by atoms with E-state index >= 15 is 0 Å². The van der Waals surface area contributed by atoms with Crippen LogP contribution in [-0.4, -0.2) is 30.1 Å². The molecule has 1 aromatic rings. The Labute approximate surface area is 99.4 Å². The summed E-state index contributed by atoms with van der Waals surface area (Å²) in [6.07, 6.45) is 0.249. The van der Waals surface area contributed by atoms with Crippen LogP contribution in [-0.2, 0) is 16.0 Å². The summed E-state index contributed by atoms with van der Waals surface area (Å²) in [5, 5.41) is 11.3. The number of benzene rings is 1. The zero-order valence-corrected chi connectivity index (χ0v) is 9.77. The molecule has 1 amide bonds. The van der Waals surface area contributed by atoms with Gasteiger partial charge in [-0.2, -0.15) is 0 Å². The minimum absolute atomic E-state index is 0.249. The van der Waals surface area contributed by atoms with Crippen LogP contribution >= 0.6 is 0 Å². The van der Waals surface area contributed by atoms with Crippen molar-refractivity contribution in [3.05, 3.63) is 29.8 Å². The first-order valence-corrected chi connectivity index (χ1v) is 5.15. The highest BCUT2D eigenvalue weighted by Gasteiger charge is 2.18. The summed E-state index contributed by atoms with van der Waals surface area (Å²) in [6.45, 7) is 1.30. The van der Waals surface area contributed by atoms with Crippen molar-refractivity contribution in [2.45, 2.75) is 19.4 Å². The normalized spacial score (nSPS) is 11.6. The molecule has 0 aliphatic rings. The van der Waals surface area contributed by atoms with E-state index in [0.717, 1.165) is 5.56 Å². The molecule has 0 bridgehead atoms. The third-order valence-electron chi connectivity index (χ3n) is 2.27. The molecule has 0 saturated carbocycles. The van der Waals surface area contributed by atoms with Crippen molar-refractivity contribution in [3.8, 4) is 5.75 Å². The minimum Gasteiger partial charge on any atom is -0.497 e. The molecule has 0 aliphatic heterocycles. The number of rotatable bonds is 5. The highest BCUT2D eigenvalue weighted by Crippen LogP contribution is 2.12. The quantitative estimate of drug-likeness (QED) is 0.795. The number of ether oxygens (including phenoxy) is 1. The molecule has 0 heterocycles. The Morgan fingerprint density at radius 3 is 2.35 bits per heavy atom. The molecule has 0 aromatic heterocycles. The van der Waals surface area contributed by atoms with Gasteiger partial charge >= 0.3 is 5.97 Å². The number of methoxy groups -OCH3 is 1. The summed E-state index contributed by atoms with van der Waals surface area (Å²) in [6, 6.07) is 6.15. The fourth-order valence-corrected chi connectivity index (χ4v) is 1.44. The monoisotopic (exact) mass is 237 g/mol. The van der Waals surface area contributed by atoms with E-state index < -0.39 is 12.0 Å². The molecule has 1 rings (SSSR count). The van der Waals surface area contributed by atoms with Gasteiger partial charge in [-0.3, -0.25) is 4.79 Å². The van der Waals surface area contributed by atoms with Gasteiger partial charge in [-0.05, 0) is 17.7 Å². The van der Waals surface area contributed by atoms with Gasteiger partial charge in [-0.25, -0.2) is 4.79 Å². The first-order valence-electron chi connectivity index (χ1n) is 5.15. The third kappa shape index (κ3) is 4.14. The minimum atomic E-state index is -1.05. The Morgan fingerprint density at radius 2 is 1.94 bits per heavy atom. The second-order valence-electron chi connectivity index (χ2n) is 3.64. The Kier molecular flexibility index (Phi) is 4.51. The average Bonchev–Trinajstić information content (AvgIpc) is 2.28. The van der Waals surface area contributed by atoms with E-state index in [2.05, 4.69) is 5.32 Å². The Morgan fingerprint density at radius 1 is 1.35 bits per heavy atom. The molecule has 1 aromatic carbocycles. The summed E-state index contributed by atoms with van der Waals surface area (Å²) < 4.78 is 5.00. The molecule has 2 N–H and O–H groups in total. The van der Waals surface area contributed by atoms with Crippen LogP contribution in [0.4, 0.5) is 0 Å². The smallest absolute Gasteiger partial charge is 0.326 e. The van der Waals surface area contributed by atoms with Gasteiger partial charge in [0, 0.05) is 13.3 Å². The molecule has 1 atom stereocenters. The maximum Gasteiger partial charge on any atom is 0.326 e. The maximum atomic E-state index is 10.9. The first kappa shape index (κ1) is 13.0. The highest BCUT2D eigenvalue weighted by atomic mass is 16.5. The summed E-state index contributed by atoms with van der Waals surface area (Å²) >= 11 is 0. The van der Waals surface area contributed by atoms with Gasteiger partial charge in [0.15, 0.2) is 0 Å². The number of hydrogen-bond donors (Lipinski definition) is 2. The number of aliphatic carboxylic acids is 1. The fourth-order valence-electron chi connectivity index (χ4n) is 1.44. The molecule has 0 aliphatic carbocycles. The van der Waals surface area contributed by atoms with Crippen LogP contribution in [0, 0.1) is 0 Å². The Hall–Kier alpha value is -2.04. The van der Waals surface area contributed by atoms with E-state index in [1.807, 2.05) is 0 Å². The zero-order valence-electron chi connectivity index (χ0n) is 9.77. The van der Waals surface area contributed by atoms with Gasteiger partial charge in [0.2, 0.25) is 5.91 Å². The number of nitrogens with one attached hydrogen (secondary N) is 1. The number of carboxylic acid groups (broad SMARTS) is 1. The number of carboxylic acids is 1. The molecular weight excluding hydrogens is 222 g/mol. The second-order valence-corrected chi connectivity index (χ2v) is 3.64. The van der Waals surface area contributed by atoms with E-state index in [9.17, 15) is 9.59 Å². The molecule has 0 unspecified atom stereocenters. The van der Waals surface area contributed by atoms with E-state index in [-0.39, 0.29) is 12.3 Å². The van der Waals surface area contributed by atoms with E-state index in [0.29, 0.717) is 5.75 Å². The van der Waals surface area contributed by atoms with Gasteiger partial charge in [0.25, 0.3) is 0 Å². The number of carbonyl (C=O) groups is 2. The van der Waals surface area contributed by atoms with Gasteiger partial charge in [-0.1, -0.05) is 12.1 Å². The maximum absolute atomic E-state index is 10.9. The lowest BCUT2D eigenvalue weighted by Crippen LogP contribution is -2.41. The largest absolute Gasteiger partial charge is 0.497 e. The summed E-state index contributed by atoms with van der Waals surface area (Å²) in [7, 11) is 1.56. The molecule has 0 radical (unpaired) electrons. The van der Waals surface area contributed by atoms with Crippen molar-refractivity contribution in [2.75, 3.05) is 7.11 Å². The lowest BCUT2D eigenvalue weighted by atomic mass is 10.1. The molecular formula is C12H15NO4. The molecule has 5 heteroatoms. The first-order chi connectivity index (χ1) is 8.02. The predicted octanol–water partition coefficient (Wildman–Crippen LogP) is 0.827. The van der Waals surface area contributed by atoms with E-state index in [4.69, 9.17) is 9.84 Å². The Bertz CT molecular complexity index is 399. The van der Waals surface area contributed by atoms with Crippen LogP contribution in [0.15, 0.2) is 24.3 Å². The average molecular weight is 237 g/mol. The van der Waals surface area contributed by atoms with Gasteiger partial charge in [0.05, 0.1) is 7.11 Å². The molecule has 5 nitrogen and oxygen atoms in total. The van der Waals surface area contributed by atoms with Gasteiger partial charge in [0.1, 0.15) is 11.8 Å². The van der Waals surface area contributed by atoms with Crippen molar-refractivity contribution in [2.24, 2.45) is 0 Å². The van der Waals surface area contributed by atoms with Crippen molar-refractivity contribution in [1.82, 2.24) is 5.32 Å². The van der Waals surface area contributed by atoms with Gasteiger partial charge in [-0.15, -0.1) is 0 Å². The van der Waals surface area contributed by atoms with E-state index in [1.54, 1.807) is 31.4 Å². The summed E-state index contributed by atoms with van der Waals surface area (Å²) in [5.74, 6) is -0.693. The van der Waals surface area contributed by atoms with Crippen LogP contribution in [0.25, 0.3) is 0 Å². The fraction of sp³-hybridized carbons (Fsp3) is 0.333. The van der Waals surface area contributed by atoms with Crippen molar-refractivity contribution >= 4 is 11.9 Å². The van der Waals surface area contributed by atoms with Crippen molar-refractivity contribution in [3.63, 3.8) is 0 Å². The zero-order chi connectivity index (χ0) is 12.8. The van der Waals surface area contributed by atoms with Crippen LogP contribution in [0.1, 0.15) is 12.5 Å². The van der Waals surface area contributed by atoms with Crippen LogP contribution in [0.3, 0.4) is 0 Å². The van der Waals surface area contributed by atoms with Crippen LogP contribution in [0.2, 0.25) is 0 Å². The lowest BCUT2D eigenvalue weighted by molar-refractivity contribution is -0.141. The number of hydrogen-bond acceptors (Lipinski definition) is 3. The molecule has 92 valence electrons. The Balaban J connectivity index is 2.71. The van der Waals surface area contributed by atoms with Crippen molar-refractivity contribution < 1.29 is 19.4 Å². The second kappa shape index (κ2) is 5.89. The van der Waals surface area contributed by atoms with Crippen LogP contribution in [0.5, 0.6) is 5.75 Å². The number of carbonyl (C=O) groups excluding carboxylic acids is 1. The van der Waals surface area contributed by atoms with E-state index in [1.165, 1.54) is 6.92 Å². The lowest BCUT2D eigenvalue weighted by Gasteiger charge is -2.13. The predicted molar refractivity (Wildman–Crippen MR) is 61.9 cm³/mol. The van der Waals surface area contributed by atoms with Crippen LogP contribution < -0.4 is 10.1 Å². The standard InChI is InChI=1S/C12H15NO4/c1-8(14)13-11(12(15)16)7-9-3-5-10(17-2)6-4-9/h3-6,11H,7H2,1-2H3,(H,13,14)(H,15,16)/t11-/m0/s1. The SMILES string of the molecule is COc1ccc(C[C@H](NC(C)=O)C(=O)O)cc1. The van der Waals surface area contributed by atoms with Gasteiger partial charge < -0.3 is 15.2 Å². The molecule has 17 heavy (non-hydrogen) atoms.